The Morgan fingerprint density at radius 3 is 2.86 bits per heavy atom. The Hall–Kier alpha value is 0.140. The van der Waals surface area contributed by atoms with Crippen LogP contribution < -0.4 is 5.32 Å². The van der Waals surface area contributed by atoms with Crippen molar-refractivity contribution in [3.8, 4) is 0 Å². The molecule has 0 aliphatic carbocycles. The van der Waals surface area contributed by atoms with Crippen LogP contribution in [0.2, 0.25) is 0 Å². The predicted molar refractivity (Wildman–Crippen MR) is 68.1 cm³/mol. The minimum absolute atomic E-state index is 1.09. The highest BCUT2D eigenvalue weighted by atomic mass is 79.9. The summed E-state index contributed by atoms with van der Waals surface area (Å²) < 4.78 is 1.29. The fourth-order valence-corrected chi connectivity index (χ4v) is 2.99. The van der Waals surface area contributed by atoms with Crippen LogP contribution in [0.3, 0.4) is 0 Å². The van der Waals surface area contributed by atoms with Gasteiger partial charge < -0.3 is 5.32 Å². The van der Waals surface area contributed by atoms with Crippen LogP contribution >= 0.6 is 27.3 Å². The Morgan fingerprint density at radius 2 is 2.21 bits per heavy atom. The Bertz CT molecular complexity index is 247. The van der Waals surface area contributed by atoms with E-state index in [0.29, 0.717) is 0 Å². The maximum atomic E-state index is 3.56. The number of thiophene rings is 1. The summed E-state index contributed by atoms with van der Waals surface area (Å²) in [5.74, 6) is 0. The maximum Gasteiger partial charge on any atom is 0.0314 e. The lowest BCUT2D eigenvalue weighted by Crippen LogP contribution is -2.13. The fraction of sp³-hybridized carbons (Fsp3) is 0.636. The van der Waals surface area contributed by atoms with Gasteiger partial charge in [-0.1, -0.05) is 13.3 Å². The van der Waals surface area contributed by atoms with Crippen molar-refractivity contribution in [3.05, 3.63) is 20.8 Å². The Balaban J connectivity index is 2.02. The van der Waals surface area contributed by atoms with E-state index in [1.165, 1.54) is 41.6 Å². The summed E-state index contributed by atoms with van der Waals surface area (Å²) in [5.41, 5.74) is 0. The summed E-state index contributed by atoms with van der Waals surface area (Å²) in [4.78, 5) is 1.49. The highest BCUT2D eigenvalue weighted by molar-refractivity contribution is 9.10. The second-order valence-corrected chi connectivity index (χ2v) is 5.21. The smallest absolute Gasteiger partial charge is 0.0314 e. The zero-order chi connectivity index (χ0) is 10.2. The standard InChI is InChI=1S/C11H18BrNS/c1-2-13-8-5-3-4-6-11-10(12)7-9-14-11/h7,9,13H,2-6,8H2,1H3. The average Bonchev–Trinajstić information content (AvgIpc) is 2.58. The van der Waals surface area contributed by atoms with E-state index in [-0.39, 0.29) is 0 Å². The zero-order valence-corrected chi connectivity index (χ0v) is 11.1. The van der Waals surface area contributed by atoms with Crippen LogP contribution in [0, 0.1) is 0 Å². The van der Waals surface area contributed by atoms with Gasteiger partial charge in [-0.25, -0.2) is 0 Å². The molecule has 0 amide bonds. The number of aryl methyl sites for hydroxylation is 1. The van der Waals surface area contributed by atoms with Crippen molar-refractivity contribution in [3.63, 3.8) is 0 Å². The molecule has 1 heterocycles. The van der Waals surface area contributed by atoms with E-state index >= 15 is 0 Å². The van der Waals surface area contributed by atoms with Crippen molar-refractivity contribution < 1.29 is 0 Å². The minimum atomic E-state index is 1.09. The van der Waals surface area contributed by atoms with Gasteiger partial charge in [0, 0.05) is 9.35 Å². The number of hydrogen-bond acceptors (Lipinski definition) is 2. The van der Waals surface area contributed by atoms with Gasteiger partial charge in [-0.05, 0) is 59.7 Å². The second kappa shape index (κ2) is 7.43. The van der Waals surface area contributed by atoms with Gasteiger partial charge in [-0.3, -0.25) is 0 Å². The summed E-state index contributed by atoms with van der Waals surface area (Å²) in [6, 6.07) is 2.14. The summed E-state index contributed by atoms with van der Waals surface area (Å²) in [6.07, 6.45) is 5.17. The van der Waals surface area contributed by atoms with E-state index in [1.807, 2.05) is 11.3 Å². The molecule has 0 spiro atoms. The van der Waals surface area contributed by atoms with Crippen LogP contribution in [0.4, 0.5) is 0 Å². The molecule has 0 aromatic carbocycles. The molecule has 0 fully saturated rings. The van der Waals surface area contributed by atoms with Crippen LogP contribution in [-0.2, 0) is 6.42 Å². The first-order valence-corrected chi connectivity index (χ1v) is 6.94. The normalized spacial score (nSPS) is 10.7. The predicted octanol–water partition coefficient (Wildman–Crippen LogP) is 3.83. The maximum absolute atomic E-state index is 3.56. The van der Waals surface area contributed by atoms with Crippen LogP contribution in [0.1, 0.15) is 31.1 Å². The van der Waals surface area contributed by atoms with Crippen LogP contribution in [0.25, 0.3) is 0 Å². The molecule has 14 heavy (non-hydrogen) atoms. The Labute approximate surface area is 99.0 Å². The van der Waals surface area contributed by atoms with E-state index in [0.717, 1.165) is 6.54 Å². The van der Waals surface area contributed by atoms with Gasteiger partial charge in [0.2, 0.25) is 0 Å². The molecule has 3 heteroatoms. The number of halogens is 1. The molecular formula is C11H18BrNS. The molecule has 1 aromatic heterocycles. The zero-order valence-electron chi connectivity index (χ0n) is 8.68. The quantitative estimate of drug-likeness (QED) is 0.746. The Morgan fingerprint density at radius 1 is 1.36 bits per heavy atom. The molecule has 1 nitrogen and oxygen atoms in total. The van der Waals surface area contributed by atoms with E-state index in [2.05, 4.69) is 39.6 Å². The first-order chi connectivity index (χ1) is 6.84. The molecule has 0 saturated heterocycles. The molecule has 0 aliphatic heterocycles. The molecule has 1 N–H and O–H groups in total. The van der Waals surface area contributed by atoms with Gasteiger partial charge in [-0.2, -0.15) is 0 Å². The summed E-state index contributed by atoms with van der Waals surface area (Å²) in [6.45, 7) is 4.42. The SMILES string of the molecule is CCNCCCCCc1sccc1Br. The molecule has 0 atom stereocenters. The topological polar surface area (TPSA) is 12.0 Å². The second-order valence-electron chi connectivity index (χ2n) is 3.36. The summed E-state index contributed by atoms with van der Waals surface area (Å²) in [5, 5.41) is 5.50. The summed E-state index contributed by atoms with van der Waals surface area (Å²) in [7, 11) is 0. The third-order valence-corrected chi connectivity index (χ3v) is 4.18. The first kappa shape index (κ1) is 12.2. The monoisotopic (exact) mass is 275 g/mol. The largest absolute Gasteiger partial charge is 0.317 e. The van der Waals surface area contributed by atoms with Gasteiger partial charge in [0.05, 0.1) is 0 Å². The highest BCUT2D eigenvalue weighted by Crippen LogP contribution is 2.24. The van der Waals surface area contributed by atoms with Crippen LogP contribution in [0.15, 0.2) is 15.9 Å². The van der Waals surface area contributed by atoms with Crippen molar-refractivity contribution in [2.75, 3.05) is 13.1 Å². The van der Waals surface area contributed by atoms with Crippen molar-refractivity contribution in [1.82, 2.24) is 5.32 Å². The summed E-state index contributed by atoms with van der Waals surface area (Å²) >= 11 is 5.41. The van der Waals surface area contributed by atoms with Gasteiger partial charge >= 0.3 is 0 Å². The molecule has 0 saturated carbocycles. The van der Waals surface area contributed by atoms with E-state index in [9.17, 15) is 0 Å². The number of nitrogens with one attached hydrogen (secondary N) is 1. The highest BCUT2D eigenvalue weighted by Gasteiger charge is 2.00. The number of hydrogen-bond donors (Lipinski definition) is 1. The van der Waals surface area contributed by atoms with Crippen molar-refractivity contribution >= 4 is 27.3 Å². The van der Waals surface area contributed by atoms with Crippen LogP contribution in [0.5, 0.6) is 0 Å². The lowest BCUT2D eigenvalue weighted by atomic mass is 10.2. The minimum Gasteiger partial charge on any atom is -0.317 e. The van der Waals surface area contributed by atoms with Crippen LogP contribution in [-0.4, -0.2) is 13.1 Å². The van der Waals surface area contributed by atoms with Crippen molar-refractivity contribution in [2.45, 2.75) is 32.6 Å². The lowest BCUT2D eigenvalue weighted by Gasteiger charge is -2.01. The van der Waals surface area contributed by atoms with Gasteiger partial charge in [0.15, 0.2) is 0 Å². The number of rotatable bonds is 7. The van der Waals surface area contributed by atoms with Gasteiger partial charge in [-0.15, -0.1) is 11.3 Å². The van der Waals surface area contributed by atoms with E-state index in [4.69, 9.17) is 0 Å². The average molecular weight is 276 g/mol. The molecule has 0 aliphatic rings. The molecule has 0 unspecified atom stereocenters. The lowest BCUT2D eigenvalue weighted by molar-refractivity contribution is 0.618. The van der Waals surface area contributed by atoms with Gasteiger partial charge in [0.1, 0.15) is 0 Å². The first-order valence-electron chi connectivity index (χ1n) is 5.27. The van der Waals surface area contributed by atoms with Crippen molar-refractivity contribution in [1.29, 1.82) is 0 Å². The Kier molecular flexibility index (Phi) is 6.48. The molecule has 0 bridgehead atoms. The van der Waals surface area contributed by atoms with Crippen molar-refractivity contribution in [2.24, 2.45) is 0 Å². The third-order valence-electron chi connectivity index (χ3n) is 2.20. The third kappa shape index (κ3) is 4.58. The molecule has 1 rings (SSSR count). The fourth-order valence-electron chi connectivity index (χ4n) is 1.39. The van der Waals surface area contributed by atoms with E-state index < -0.39 is 0 Å². The van der Waals surface area contributed by atoms with E-state index in [1.54, 1.807) is 0 Å². The molecule has 80 valence electrons. The molecule has 1 aromatic rings. The number of unbranched alkanes of at least 4 members (excludes halogenated alkanes) is 2. The van der Waals surface area contributed by atoms with Gasteiger partial charge in [0.25, 0.3) is 0 Å². The molecule has 0 radical (unpaired) electrons. The molecular weight excluding hydrogens is 258 g/mol.